The van der Waals surface area contributed by atoms with E-state index in [-0.39, 0.29) is 0 Å². The van der Waals surface area contributed by atoms with Crippen LogP contribution in [-0.4, -0.2) is 6.04 Å². The molecule has 1 aliphatic carbocycles. The normalized spacial score (nSPS) is 26.1. The minimum atomic E-state index is 0.449. The second-order valence-electron chi connectivity index (χ2n) is 5.15. The van der Waals surface area contributed by atoms with Crippen molar-refractivity contribution in [1.29, 1.82) is 0 Å². The highest BCUT2D eigenvalue weighted by Crippen LogP contribution is 2.30. The number of hydrogen-bond acceptors (Lipinski definition) is 1. The first-order chi connectivity index (χ1) is 8.20. The number of rotatable bonds is 4. The lowest BCUT2D eigenvalue weighted by molar-refractivity contribution is 0.360. The molecule has 1 saturated carbocycles. The van der Waals surface area contributed by atoms with E-state index in [0.717, 1.165) is 5.92 Å². The number of nitrogens with one attached hydrogen (secondary N) is 1. The molecule has 17 heavy (non-hydrogen) atoms. The SMILES string of the molecule is CCC1CCCC1N[C@@H](C)c1cccc(Br)c1. The molecule has 1 nitrogen and oxygen atoms in total. The van der Waals surface area contributed by atoms with Gasteiger partial charge >= 0.3 is 0 Å². The fraction of sp³-hybridized carbons (Fsp3) is 0.600. The molecule has 1 N–H and O–H groups in total. The Hall–Kier alpha value is -0.340. The molecule has 0 aliphatic heterocycles. The Morgan fingerprint density at radius 3 is 2.94 bits per heavy atom. The Kier molecular flexibility index (Phi) is 4.63. The Morgan fingerprint density at radius 1 is 1.41 bits per heavy atom. The van der Waals surface area contributed by atoms with Gasteiger partial charge in [-0.25, -0.2) is 0 Å². The number of halogens is 1. The van der Waals surface area contributed by atoms with Gasteiger partial charge in [-0.3, -0.25) is 0 Å². The largest absolute Gasteiger partial charge is 0.307 e. The quantitative estimate of drug-likeness (QED) is 0.850. The summed E-state index contributed by atoms with van der Waals surface area (Å²) in [5, 5.41) is 3.80. The lowest BCUT2D eigenvalue weighted by atomic mass is 9.98. The fourth-order valence-corrected chi connectivity index (χ4v) is 3.36. The fourth-order valence-electron chi connectivity index (χ4n) is 2.94. The van der Waals surface area contributed by atoms with E-state index in [4.69, 9.17) is 0 Å². The van der Waals surface area contributed by atoms with E-state index in [0.29, 0.717) is 12.1 Å². The Morgan fingerprint density at radius 2 is 2.24 bits per heavy atom. The molecule has 1 aliphatic rings. The molecule has 94 valence electrons. The monoisotopic (exact) mass is 295 g/mol. The van der Waals surface area contributed by atoms with Crippen LogP contribution < -0.4 is 5.32 Å². The molecule has 1 aromatic rings. The van der Waals surface area contributed by atoms with Gasteiger partial charge < -0.3 is 5.32 Å². The maximum Gasteiger partial charge on any atom is 0.0294 e. The van der Waals surface area contributed by atoms with E-state index in [2.05, 4.69) is 59.4 Å². The molecule has 0 spiro atoms. The highest BCUT2D eigenvalue weighted by atomic mass is 79.9. The van der Waals surface area contributed by atoms with Crippen molar-refractivity contribution in [2.24, 2.45) is 5.92 Å². The summed E-state index contributed by atoms with van der Waals surface area (Å²) < 4.78 is 1.17. The molecule has 1 aromatic carbocycles. The van der Waals surface area contributed by atoms with Gasteiger partial charge in [-0.05, 0) is 43.4 Å². The number of benzene rings is 1. The third kappa shape index (κ3) is 3.32. The molecule has 0 bridgehead atoms. The van der Waals surface area contributed by atoms with Gasteiger partial charge in [-0.15, -0.1) is 0 Å². The molecule has 0 saturated heterocycles. The molecule has 2 rings (SSSR count). The molecule has 2 heteroatoms. The van der Waals surface area contributed by atoms with Gasteiger partial charge in [0.05, 0.1) is 0 Å². The first-order valence-corrected chi connectivity index (χ1v) is 7.51. The van der Waals surface area contributed by atoms with E-state index in [9.17, 15) is 0 Å². The van der Waals surface area contributed by atoms with Crippen molar-refractivity contribution in [3.8, 4) is 0 Å². The van der Waals surface area contributed by atoms with Crippen LogP contribution >= 0.6 is 15.9 Å². The molecule has 1 fully saturated rings. The first-order valence-electron chi connectivity index (χ1n) is 6.72. The first kappa shape index (κ1) is 13.1. The molecule has 0 aromatic heterocycles. The molecule has 3 atom stereocenters. The molecule has 0 heterocycles. The van der Waals surface area contributed by atoms with E-state index in [1.807, 2.05) is 0 Å². The molecule has 2 unspecified atom stereocenters. The summed E-state index contributed by atoms with van der Waals surface area (Å²) in [6, 6.07) is 9.79. The van der Waals surface area contributed by atoms with Crippen LogP contribution in [0.1, 0.15) is 51.1 Å². The summed E-state index contributed by atoms with van der Waals surface area (Å²) in [5.41, 5.74) is 1.38. The average molecular weight is 296 g/mol. The van der Waals surface area contributed by atoms with Gasteiger partial charge in [0.25, 0.3) is 0 Å². The topological polar surface area (TPSA) is 12.0 Å². The summed E-state index contributed by atoms with van der Waals surface area (Å²) in [5.74, 6) is 0.879. The summed E-state index contributed by atoms with van der Waals surface area (Å²) >= 11 is 3.54. The number of hydrogen-bond donors (Lipinski definition) is 1. The second kappa shape index (κ2) is 6.01. The third-order valence-electron chi connectivity index (χ3n) is 4.00. The van der Waals surface area contributed by atoms with Crippen molar-refractivity contribution in [2.75, 3.05) is 0 Å². The van der Waals surface area contributed by atoms with Crippen LogP contribution in [0.4, 0.5) is 0 Å². The molecular weight excluding hydrogens is 274 g/mol. The van der Waals surface area contributed by atoms with Crippen LogP contribution in [0.15, 0.2) is 28.7 Å². The van der Waals surface area contributed by atoms with Crippen molar-refractivity contribution in [2.45, 2.75) is 51.6 Å². The summed E-state index contributed by atoms with van der Waals surface area (Å²) in [4.78, 5) is 0. The van der Waals surface area contributed by atoms with E-state index in [1.54, 1.807) is 0 Å². The Bertz CT molecular complexity index is 364. The predicted octanol–water partition coefficient (Wildman–Crippen LogP) is 4.68. The van der Waals surface area contributed by atoms with Crippen LogP contribution in [0.5, 0.6) is 0 Å². The van der Waals surface area contributed by atoms with Gasteiger partial charge in [-0.1, -0.05) is 47.8 Å². The zero-order valence-corrected chi connectivity index (χ0v) is 12.3. The zero-order valence-electron chi connectivity index (χ0n) is 10.7. The van der Waals surface area contributed by atoms with Gasteiger partial charge in [0, 0.05) is 16.6 Å². The van der Waals surface area contributed by atoms with Crippen LogP contribution in [0.25, 0.3) is 0 Å². The lowest BCUT2D eigenvalue weighted by Crippen LogP contribution is -2.34. The highest BCUT2D eigenvalue weighted by molar-refractivity contribution is 9.10. The van der Waals surface area contributed by atoms with Gasteiger partial charge in [-0.2, -0.15) is 0 Å². The van der Waals surface area contributed by atoms with Gasteiger partial charge in [0.2, 0.25) is 0 Å². The molecule has 0 radical (unpaired) electrons. The van der Waals surface area contributed by atoms with Crippen molar-refractivity contribution in [3.63, 3.8) is 0 Å². The van der Waals surface area contributed by atoms with E-state index < -0.39 is 0 Å². The standard InChI is InChI=1S/C15H22BrN/c1-3-12-6-5-9-15(12)17-11(2)13-7-4-8-14(16)10-13/h4,7-8,10-12,15,17H,3,5-6,9H2,1-2H3/t11-,12?,15?/m0/s1. The second-order valence-corrected chi connectivity index (χ2v) is 6.06. The van der Waals surface area contributed by atoms with E-state index >= 15 is 0 Å². The minimum Gasteiger partial charge on any atom is -0.307 e. The van der Waals surface area contributed by atoms with Crippen molar-refractivity contribution in [1.82, 2.24) is 5.32 Å². The minimum absolute atomic E-state index is 0.449. The Labute approximate surface area is 113 Å². The van der Waals surface area contributed by atoms with Crippen LogP contribution in [0.3, 0.4) is 0 Å². The van der Waals surface area contributed by atoms with E-state index in [1.165, 1.54) is 35.7 Å². The Balaban J connectivity index is 1.99. The van der Waals surface area contributed by atoms with Crippen LogP contribution in [0.2, 0.25) is 0 Å². The molecular formula is C15H22BrN. The maximum absolute atomic E-state index is 3.80. The summed E-state index contributed by atoms with van der Waals surface area (Å²) in [6.45, 7) is 4.58. The smallest absolute Gasteiger partial charge is 0.0294 e. The van der Waals surface area contributed by atoms with Crippen LogP contribution in [-0.2, 0) is 0 Å². The predicted molar refractivity (Wildman–Crippen MR) is 77.1 cm³/mol. The van der Waals surface area contributed by atoms with Crippen molar-refractivity contribution >= 4 is 15.9 Å². The zero-order chi connectivity index (χ0) is 12.3. The molecule has 0 amide bonds. The summed E-state index contributed by atoms with van der Waals surface area (Å²) in [6.07, 6.45) is 5.44. The van der Waals surface area contributed by atoms with Crippen LogP contribution in [0, 0.1) is 5.92 Å². The summed E-state index contributed by atoms with van der Waals surface area (Å²) in [7, 11) is 0. The van der Waals surface area contributed by atoms with Crippen molar-refractivity contribution < 1.29 is 0 Å². The third-order valence-corrected chi connectivity index (χ3v) is 4.49. The van der Waals surface area contributed by atoms with Crippen molar-refractivity contribution in [3.05, 3.63) is 34.3 Å². The van der Waals surface area contributed by atoms with Gasteiger partial charge in [0.15, 0.2) is 0 Å². The lowest BCUT2D eigenvalue weighted by Gasteiger charge is -2.24. The highest BCUT2D eigenvalue weighted by Gasteiger charge is 2.26. The average Bonchev–Trinajstić information content (AvgIpc) is 2.76. The van der Waals surface area contributed by atoms with Gasteiger partial charge in [0.1, 0.15) is 0 Å². The maximum atomic E-state index is 3.80.